The molecule has 0 saturated carbocycles. The van der Waals surface area contributed by atoms with Crippen LogP contribution >= 0.6 is 27.5 Å². The third-order valence-corrected chi connectivity index (χ3v) is 3.81. The number of hydrogen-bond acceptors (Lipinski definition) is 4. The molecule has 21 heavy (non-hydrogen) atoms. The summed E-state index contributed by atoms with van der Waals surface area (Å²) < 4.78 is 1.06. The van der Waals surface area contributed by atoms with Gasteiger partial charge in [0, 0.05) is 17.1 Å². The second kappa shape index (κ2) is 7.61. The molecule has 1 heterocycles. The lowest BCUT2D eigenvalue weighted by Crippen LogP contribution is -2.11. The Morgan fingerprint density at radius 1 is 1.29 bits per heavy atom. The molecule has 0 aliphatic heterocycles. The Bertz CT molecular complexity index is 589. The Hall–Kier alpha value is -1.33. The van der Waals surface area contributed by atoms with E-state index in [-0.39, 0.29) is 6.04 Å². The highest BCUT2D eigenvalue weighted by Crippen LogP contribution is 2.25. The van der Waals surface area contributed by atoms with E-state index in [1.807, 2.05) is 12.1 Å². The summed E-state index contributed by atoms with van der Waals surface area (Å²) in [5.41, 5.74) is 1.16. The van der Waals surface area contributed by atoms with Crippen LogP contribution in [-0.4, -0.2) is 16.5 Å². The lowest BCUT2D eigenvalue weighted by atomic mass is 10.1. The molecule has 0 amide bonds. The topological polar surface area (TPSA) is 49.8 Å². The molecular weight excluding hydrogens is 352 g/mol. The van der Waals surface area contributed by atoms with Gasteiger partial charge in [0.2, 0.25) is 5.95 Å². The zero-order valence-corrected chi connectivity index (χ0v) is 14.4. The molecule has 0 saturated heterocycles. The summed E-state index contributed by atoms with van der Waals surface area (Å²) in [5.74, 6) is 1.23. The van der Waals surface area contributed by atoms with Gasteiger partial charge in [0.05, 0.1) is 6.20 Å². The van der Waals surface area contributed by atoms with Crippen molar-refractivity contribution in [1.82, 2.24) is 9.97 Å². The van der Waals surface area contributed by atoms with Gasteiger partial charge in [-0.3, -0.25) is 0 Å². The van der Waals surface area contributed by atoms with Crippen molar-refractivity contribution in [3.05, 3.63) is 45.5 Å². The second-order valence-electron chi connectivity index (χ2n) is 4.73. The number of anilines is 2. The molecule has 1 atom stereocenters. The second-order valence-corrected chi connectivity index (χ2v) is 6.06. The van der Waals surface area contributed by atoms with E-state index in [0.29, 0.717) is 16.8 Å². The average Bonchev–Trinajstić information content (AvgIpc) is 2.48. The summed E-state index contributed by atoms with van der Waals surface area (Å²) in [4.78, 5) is 8.59. The molecule has 0 aliphatic carbocycles. The molecule has 0 fully saturated rings. The van der Waals surface area contributed by atoms with Gasteiger partial charge in [-0.25, -0.2) is 4.98 Å². The van der Waals surface area contributed by atoms with Gasteiger partial charge in [0.15, 0.2) is 5.82 Å². The third-order valence-electron chi connectivity index (χ3n) is 3.00. The van der Waals surface area contributed by atoms with E-state index < -0.39 is 0 Å². The maximum atomic E-state index is 6.16. The quantitative estimate of drug-likeness (QED) is 0.761. The number of rotatable bonds is 6. The first-order valence-electron chi connectivity index (χ1n) is 6.88. The van der Waals surface area contributed by atoms with Crippen LogP contribution in [0.15, 0.2) is 34.9 Å². The van der Waals surface area contributed by atoms with Crippen molar-refractivity contribution in [3.8, 4) is 0 Å². The van der Waals surface area contributed by atoms with Gasteiger partial charge in [-0.1, -0.05) is 46.6 Å². The van der Waals surface area contributed by atoms with E-state index in [2.05, 4.69) is 62.5 Å². The maximum Gasteiger partial charge on any atom is 0.224 e. The van der Waals surface area contributed by atoms with E-state index in [9.17, 15) is 0 Å². The van der Waals surface area contributed by atoms with Crippen LogP contribution in [-0.2, 0) is 0 Å². The van der Waals surface area contributed by atoms with Crippen molar-refractivity contribution < 1.29 is 0 Å². The van der Waals surface area contributed by atoms with Gasteiger partial charge in [0.25, 0.3) is 0 Å². The van der Waals surface area contributed by atoms with Gasteiger partial charge in [-0.2, -0.15) is 4.98 Å². The van der Waals surface area contributed by atoms with Gasteiger partial charge in [0.1, 0.15) is 5.02 Å². The largest absolute Gasteiger partial charge is 0.362 e. The van der Waals surface area contributed by atoms with Crippen molar-refractivity contribution in [1.29, 1.82) is 0 Å². The van der Waals surface area contributed by atoms with Crippen LogP contribution in [0, 0.1) is 0 Å². The lowest BCUT2D eigenvalue weighted by Gasteiger charge is -2.16. The number of benzene rings is 1. The average molecular weight is 370 g/mol. The minimum atomic E-state index is 0.101. The summed E-state index contributed by atoms with van der Waals surface area (Å²) in [6.07, 6.45) is 2.63. The number of nitrogens with zero attached hydrogens (tertiary/aromatic N) is 2. The van der Waals surface area contributed by atoms with Crippen molar-refractivity contribution in [2.24, 2.45) is 0 Å². The Labute approximate surface area is 138 Å². The molecule has 2 aromatic rings. The molecule has 6 heteroatoms. The molecule has 0 aliphatic rings. The fraction of sp³-hybridized carbons (Fsp3) is 0.333. The minimum Gasteiger partial charge on any atom is -0.362 e. The Morgan fingerprint density at radius 2 is 2.00 bits per heavy atom. The van der Waals surface area contributed by atoms with E-state index in [4.69, 9.17) is 11.6 Å². The first-order chi connectivity index (χ1) is 10.1. The van der Waals surface area contributed by atoms with Crippen LogP contribution in [0.4, 0.5) is 11.8 Å². The van der Waals surface area contributed by atoms with Crippen LogP contribution in [0.5, 0.6) is 0 Å². The van der Waals surface area contributed by atoms with E-state index >= 15 is 0 Å². The standard InChI is InChI=1S/C15H18BrClN4/c1-3-8-18-15-19-9-13(17)14(21-15)20-10(2)11-4-6-12(16)7-5-11/h4-7,9-10H,3,8H2,1-2H3,(H2,18,19,20,21). The molecule has 4 nitrogen and oxygen atoms in total. The fourth-order valence-electron chi connectivity index (χ4n) is 1.83. The molecular formula is C15H18BrClN4. The monoisotopic (exact) mass is 368 g/mol. The Balaban J connectivity index is 2.12. The SMILES string of the molecule is CCCNc1ncc(Cl)c(NC(C)c2ccc(Br)cc2)n1. The predicted molar refractivity (Wildman–Crippen MR) is 92.0 cm³/mol. The van der Waals surface area contributed by atoms with Gasteiger partial charge < -0.3 is 10.6 Å². The summed E-state index contributed by atoms with van der Waals surface area (Å²) in [6, 6.07) is 8.26. The zero-order valence-electron chi connectivity index (χ0n) is 12.0. The maximum absolute atomic E-state index is 6.16. The van der Waals surface area contributed by atoms with Crippen LogP contribution < -0.4 is 10.6 Å². The molecule has 0 spiro atoms. The van der Waals surface area contributed by atoms with Crippen molar-refractivity contribution in [3.63, 3.8) is 0 Å². The zero-order chi connectivity index (χ0) is 15.2. The van der Waals surface area contributed by atoms with Crippen molar-refractivity contribution in [2.75, 3.05) is 17.2 Å². The van der Waals surface area contributed by atoms with Crippen molar-refractivity contribution in [2.45, 2.75) is 26.3 Å². The van der Waals surface area contributed by atoms with Gasteiger partial charge in [-0.05, 0) is 31.0 Å². The smallest absolute Gasteiger partial charge is 0.224 e. The molecule has 112 valence electrons. The summed E-state index contributed by atoms with van der Waals surface area (Å²) in [6.45, 7) is 5.00. The fourth-order valence-corrected chi connectivity index (χ4v) is 2.24. The van der Waals surface area contributed by atoms with Crippen molar-refractivity contribution >= 4 is 39.3 Å². The summed E-state index contributed by atoms with van der Waals surface area (Å²) in [7, 11) is 0. The summed E-state index contributed by atoms with van der Waals surface area (Å²) >= 11 is 9.60. The highest BCUT2D eigenvalue weighted by molar-refractivity contribution is 9.10. The highest BCUT2D eigenvalue weighted by Gasteiger charge is 2.10. The summed E-state index contributed by atoms with van der Waals surface area (Å²) in [5, 5.41) is 6.99. The minimum absolute atomic E-state index is 0.101. The number of aromatic nitrogens is 2. The molecule has 1 aromatic carbocycles. The first-order valence-corrected chi connectivity index (χ1v) is 8.05. The molecule has 0 radical (unpaired) electrons. The van der Waals surface area contributed by atoms with E-state index in [1.54, 1.807) is 6.20 Å². The highest BCUT2D eigenvalue weighted by atomic mass is 79.9. The molecule has 2 N–H and O–H groups in total. The van der Waals surface area contributed by atoms with E-state index in [0.717, 1.165) is 23.0 Å². The molecule has 1 aromatic heterocycles. The Morgan fingerprint density at radius 3 is 2.67 bits per heavy atom. The molecule has 1 unspecified atom stereocenters. The number of hydrogen-bond donors (Lipinski definition) is 2. The molecule has 2 rings (SSSR count). The van der Waals surface area contributed by atoms with Gasteiger partial charge >= 0.3 is 0 Å². The van der Waals surface area contributed by atoms with Gasteiger partial charge in [-0.15, -0.1) is 0 Å². The molecule has 0 bridgehead atoms. The number of nitrogens with one attached hydrogen (secondary N) is 2. The van der Waals surface area contributed by atoms with E-state index in [1.165, 1.54) is 0 Å². The van der Waals surface area contributed by atoms with Crippen LogP contribution in [0.1, 0.15) is 31.9 Å². The lowest BCUT2D eigenvalue weighted by molar-refractivity contribution is 0.869. The predicted octanol–water partition coefficient (Wildman–Crippen LogP) is 4.89. The normalized spacial score (nSPS) is 12.0. The first kappa shape index (κ1) is 16.0. The van der Waals surface area contributed by atoms with Crippen LogP contribution in [0.3, 0.4) is 0 Å². The van der Waals surface area contributed by atoms with Crippen LogP contribution in [0.25, 0.3) is 0 Å². The third kappa shape index (κ3) is 4.58. The van der Waals surface area contributed by atoms with Crippen LogP contribution in [0.2, 0.25) is 5.02 Å². The number of halogens is 2. The Kier molecular flexibility index (Phi) is 5.82.